The van der Waals surface area contributed by atoms with E-state index in [0.29, 0.717) is 0 Å². The van der Waals surface area contributed by atoms with E-state index in [9.17, 15) is 0 Å². The second kappa shape index (κ2) is 9.77. The number of hydrogen-bond donors (Lipinski definition) is 0. The van der Waals surface area contributed by atoms with Crippen molar-refractivity contribution in [1.29, 1.82) is 0 Å². The fraction of sp³-hybridized carbons (Fsp3) is 0.0417. The Morgan fingerprint density at radius 2 is 0.792 bits per heavy atom. The fourth-order valence-electron chi connectivity index (χ4n) is 8.85. The van der Waals surface area contributed by atoms with E-state index in [2.05, 4.69) is 158 Å². The summed E-state index contributed by atoms with van der Waals surface area (Å²) in [6.07, 6.45) is 2.02. The Morgan fingerprint density at radius 3 is 1.50 bits per heavy atom. The average molecular weight is 607 g/mol. The highest BCUT2D eigenvalue weighted by molar-refractivity contribution is 6.27. The Morgan fingerprint density at radius 1 is 0.292 bits per heavy atom. The van der Waals surface area contributed by atoms with Gasteiger partial charge in [-0.05, 0) is 129 Å². The van der Waals surface area contributed by atoms with Crippen molar-refractivity contribution in [3.05, 3.63) is 180 Å². The maximum atomic E-state index is 2.42. The van der Waals surface area contributed by atoms with Crippen LogP contribution in [0.15, 0.2) is 158 Å². The summed E-state index contributed by atoms with van der Waals surface area (Å²) in [4.78, 5) is 0. The van der Waals surface area contributed by atoms with E-state index in [1.54, 1.807) is 0 Å². The Bertz CT molecular complexity index is 2760. The number of hydrogen-bond acceptors (Lipinski definition) is 0. The van der Waals surface area contributed by atoms with Gasteiger partial charge < -0.3 is 0 Å². The molecule has 0 atom stereocenters. The first-order chi connectivity index (χ1) is 23.8. The maximum absolute atomic E-state index is 2.42. The highest BCUT2D eigenvalue weighted by Gasteiger charge is 2.22. The zero-order valence-electron chi connectivity index (χ0n) is 26.4. The molecule has 0 saturated carbocycles. The zero-order valence-corrected chi connectivity index (χ0v) is 26.4. The van der Waals surface area contributed by atoms with Crippen LogP contribution in [0.5, 0.6) is 0 Å². The van der Waals surface area contributed by atoms with Crippen LogP contribution >= 0.6 is 0 Å². The largest absolute Gasteiger partial charge is 0.0619 e. The molecule has 0 spiro atoms. The van der Waals surface area contributed by atoms with Crippen molar-refractivity contribution >= 4 is 32.3 Å². The Kier molecular flexibility index (Phi) is 5.32. The van der Waals surface area contributed by atoms with Crippen LogP contribution in [0.25, 0.3) is 88.0 Å². The predicted octanol–water partition coefficient (Wildman–Crippen LogP) is 12.7. The van der Waals surface area contributed by atoms with E-state index >= 15 is 0 Å². The molecule has 0 saturated heterocycles. The summed E-state index contributed by atoms with van der Waals surface area (Å²) in [6.45, 7) is 0. The van der Waals surface area contributed by atoms with E-state index in [4.69, 9.17) is 0 Å². The molecule has 48 heavy (non-hydrogen) atoms. The van der Waals surface area contributed by atoms with E-state index in [1.165, 1.54) is 110 Å². The molecule has 0 aliphatic heterocycles. The highest BCUT2D eigenvalue weighted by atomic mass is 14.3. The molecule has 222 valence electrons. The second-order valence-electron chi connectivity index (χ2n) is 13.6. The summed E-state index contributed by atoms with van der Waals surface area (Å²) < 4.78 is 0. The lowest BCUT2D eigenvalue weighted by molar-refractivity contribution is 1.26. The van der Waals surface area contributed by atoms with Crippen LogP contribution in [-0.2, 0) is 12.8 Å². The number of rotatable bonds is 3. The smallest absolute Gasteiger partial charge is 0.000729 e. The molecule has 0 aromatic heterocycles. The van der Waals surface area contributed by atoms with Crippen LogP contribution in [0.1, 0.15) is 22.3 Å². The minimum Gasteiger partial charge on any atom is -0.0619 e. The Labute approximate surface area is 279 Å². The standard InChI is InChI=1S/C48H30/c1-4-9-39-33(6-1)26-35-16-17-36(27-45(35)39)41-23-19-32-20-24-43-40(22-18-31-21-25-44(41)48(32)47(31)43)30-14-12-29(13-15-30)37-10-5-11-42-38-8-3-2-7-34(38)28-46(37)42/h1-25,27H,26,28H2. The molecule has 11 rings (SSSR count). The number of fused-ring (bicyclic) bond motifs is 6. The van der Waals surface area contributed by atoms with Gasteiger partial charge in [-0.15, -0.1) is 0 Å². The van der Waals surface area contributed by atoms with Gasteiger partial charge in [-0.2, -0.15) is 0 Å². The molecule has 0 amide bonds. The van der Waals surface area contributed by atoms with Crippen LogP contribution < -0.4 is 0 Å². The van der Waals surface area contributed by atoms with Gasteiger partial charge in [0.1, 0.15) is 0 Å². The Balaban J connectivity index is 1.03. The van der Waals surface area contributed by atoms with E-state index in [1.807, 2.05) is 0 Å². The summed E-state index contributed by atoms with van der Waals surface area (Å²) in [6, 6.07) is 59.4. The lowest BCUT2D eigenvalue weighted by Crippen LogP contribution is -1.91. The van der Waals surface area contributed by atoms with Crippen LogP contribution in [0.2, 0.25) is 0 Å². The van der Waals surface area contributed by atoms with Crippen LogP contribution in [0.4, 0.5) is 0 Å². The normalized spacial score (nSPS) is 12.8. The van der Waals surface area contributed by atoms with Crippen molar-refractivity contribution in [3.63, 3.8) is 0 Å². The second-order valence-corrected chi connectivity index (χ2v) is 13.6. The quantitative estimate of drug-likeness (QED) is 0.176. The first-order valence-electron chi connectivity index (χ1n) is 17.0. The SMILES string of the molecule is c1ccc2c(c1)Cc1ccc(-c3ccc4ccc5c(-c6ccc(-c7cccc8c7Cc7ccccc7-8)cc6)ccc6ccc3c4c65)cc1-2. The molecule has 0 bridgehead atoms. The Hall–Kier alpha value is -5.98. The molecule has 9 aromatic carbocycles. The minimum absolute atomic E-state index is 0.999. The topological polar surface area (TPSA) is 0 Å². The van der Waals surface area contributed by atoms with Gasteiger partial charge in [0.25, 0.3) is 0 Å². The molecule has 2 aliphatic rings. The van der Waals surface area contributed by atoms with Gasteiger partial charge in [0, 0.05) is 0 Å². The summed E-state index contributed by atoms with van der Waals surface area (Å²) in [5, 5.41) is 7.95. The molecule has 0 N–H and O–H groups in total. The minimum atomic E-state index is 0.999. The van der Waals surface area contributed by atoms with Gasteiger partial charge >= 0.3 is 0 Å². The van der Waals surface area contributed by atoms with Gasteiger partial charge in [0.05, 0.1) is 0 Å². The van der Waals surface area contributed by atoms with Gasteiger partial charge in [-0.1, -0.05) is 152 Å². The summed E-state index contributed by atoms with van der Waals surface area (Å²) in [5.74, 6) is 0. The van der Waals surface area contributed by atoms with E-state index in [0.717, 1.165) is 12.8 Å². The van der Waals surface area contributed by atoms with Gasteiger partial charge in [-0.3, -0.25) is 0 Å². The van der Waals surface area contributed by atoms with Crippen molar-refractivity contribution < 1.29 is 0 Å². The summed E-state index contributed by atoms with van der Waals surface area (Å²) in [7, 11) is 0. The van der Waals surface area contributed by atoms with Gasteiger partial charge in [0.2, 0.25) is 0 Å². The monoisotopic (exact) mass is 606 g/mol. The highest BCUT2D eigenvalue weighted by Crippen LogP contribution is 2.45. The maximum Gasteiger partial charge on any atom is -0.000729 e. The van der Waals surface area contributed by atoms with E-state index < -0.39 is 0 Å². The van der Waals surface area contributed by atoms with Crippen LogP contribution in [0, 0.1) is 0 Å². The third-order valence-electron chi connectivity index (χ3n) is 11.1. The predicted molar refractivity (Wildman–Crippen MR) is 203 cm³/mol. The van der Waals surface area contributed by atoms with Crippen molar-refractivity contribution in [2.75, 3.05) is 0 Å². The van der Waals surface area contributed by atoms with Gasteiger partial charge in [0.15, 0.2) is 0 Å². The molecule has 0 fully saturated rings. The molecule has 0 heterocycles. The van der Waals surface area contributed by atoms with Gasteiger partial charge in [-0.25, -0.2) is 0 Å². The first-order valence-corrected chi connectivity index (χ1v) is 17.0. The van der Waals surface area contributed by atoms with Crippen LogP contribution in [-0.4, -0.2) is 0 Å². The summed E-state index contributed by atoms with van der Waals surface area (Å²) in [5.41, 5.74) is 19.0. The molecule has 0 radical (unpaired) electrons. The molecule has 2 aliphatic carbocycles. The molecule has 9 aromatic rings. The molecular formula is C48H30. The molecule has 0 heteroatoms. The molecular weight excluding hydrogens is 577 g/mol. The number of benzene rings is 9. The molecule has 0 unspecified atom stereocenters. The van der Waals surface area contributed by atoms with Crippen molar-refractivity contribution in [2.24, 2.45) is 0 Å². The zero-order chi connectivity index (χ0) is 31.3. The van der Waals surface area contributed by atoms with Crippen molar-refractivity contribution in [1.82, 2.24) is 0 Å². The lowest BCUT2D eigenvalue weighted by atomic mass is 9.86. The average Bonchev–Trinajstić information content (AvgIpc) is 3.72. The van der Waals surface area contributed by atoms with Crippen LogP contribution in [0.3, 0.4) is 0 Å². The fourth-order valence-corrected chi connectivity index (χ4v) is 8.85. The van der Waals surface area contributed by atoms with E-state index in [-0.39, 0.29) is 0 Å². The third kappa shape index (κ3) is 3.66. The lowest BCUT2D eigenvalue weighted by Gasteiger charge is -2.17. The van der Waals surface area contributed by atoms with Crippen molar-refractivity contribution in [3.8, 4) is 55.6 Å². The third-order valence-corrected chi connectivity index (χ3v) is 11.1. The van der Waals surface area contributed by atoms with Crippen molar-refractivity contribution in [2.45, 2.75) is 12.8 Å². The first kappa shape index (κ1) is 26.1. The molecule has 0 nitrogen and oxygen atoms in total. The summed E-state index contributed by atoms with van der Waals surface area (Å²) >= 11 is 0.